The Balaban J connectivity index is 2.28. The first-order valence-corrected chi connectivity index (χ1v) is 6.69. The second-order valence-corrected chi connectivity index (χ2v) is 5.04. The van der Waals surface area contributed by atoms with Gasteiger partial charge in [-0.25, -0.2) is 4.39 Å². The van der Waals surface area contributed by atoms with Gasteiger partial charge in [0.05, 0.1) is 11.6 Å². The highest BCUT2D eigenvalue weighted by atomic mass is 19.1. The fourth-order valence-electron chi connectivity index (χ4n) is 1.59. The van der Waals surface area contributed by atoms with Crippen molar-refractivity contribution in [3.05, 3.63) is 35.1 Å². The number of halogens is 1. The van der Waals surface area contributed by atoms with Crippen molar-refractivity contribution in [2.24, 2.45) is 5.92 Å². The summed E-state index contributed by atoms with van der Waals surface area (Å²) >= 11 is 0. The Bertz CT molecular complexity index is 494. The van der Waals surface area contributed by atoms with Crippen molar-refractivity contribution in [1.29, 1.82) is 5.26 Å². The molecule has 0 atom stereocenters. The molecular weight excluding hydrogens is 257 g/mol. The van der Waals surface area contributed by atoms with E-state index in [1.165, 1.54) is 6.07 Å². The van der Waals surface area contributed by atoms with Gasteiger partial charge in [-0.3, -0.25) is 4.79 Å². The third-order valence-corrected chi connectivity index (χ3v) is 2.73. The largest absolute Gasteiger partial charge is 0.356 e. The fourth-order valence-corrected chi connectivity index (χ4v) is 1.59. The van der Waals surface area contributed by atoms with E-state index in [2.05, 4.69) is 10.6 Å². The van der Waals surface area contributed by atoms with E-state index in [9.17, 15) is 9.18 Å². The Morgan fingerprint density at radius 1 is 1.45 bits per heavy atom. The summed E-state index contributed by atoms with van der Waals surface area (Å²) in [5.74, 6) is 0.0203. The second kappa shape index (κ2) is 8.28. The van der Waals surface area contributed by atoms with Crippen LogP contribution in [0, 0.1) is 23.1 Å². The molecule has 0 bridgehead atoms. The van der Waals surface area contributed by atoms with E-state index >= 15 is 0 Å². The highest BCUT2D eigenvalue weighted by molar-refractivity contribution is 5.76. The Kier molecular flexibility index (Phi) is 6.68. The lowest BCUT2D eigenvalue weighted by atomic mass is 10.1. The van der Waals surface area contributed by atoms with Crippen molar-refractivity contribution in [2.45, 2.75) is 26.8 Å². The molecule has 1 aromatic rings. The molecule has 0 spiro atoms. The molecule has 0 unspecified atom stereocenters. The number of hydrogen-bond donors (Lipinski definition) is 2. The molecule has 108 valence electrons. The van der Waals surface area contributed by atoms with Gasteiger partial charge in [-0.2, -0.15) is 5.26 Å². The summed E-state index contributed by atoms with van der Waals surface area (Å²) in [6.45, 7) is 5.57. The normalized spacial score (nSPS) is 10.3. The molecule has 0 aliphatic carbocycles. The van der Waals surface area contributed by atoms with Crippen molar-refractivity contribution in [3.63, 3.8) is 0 Å². The van der Waals surface area contributed by atoms with Gasteiger partial charge in [0.25, 0.3) is 0 Å². The van der Waals surface area contributed by atoms with Crippen LogP contribution >= 0.6 is 0 Å². The molecule has 0 aliphatic rings. The van der Waals surface area contributed by atoms with E-state index in [0.29, 0.717) is 43.1 Å². The predicted molar refractivity (Wildman–Crippen MR) is 75.3 cm³/mol. The summed E-state index contributed by atoms with van der Waals surface area (Å²) in [5.41, 5.74) is 0.797. The molecule has 1 amide bonds. The van der Waals surface area contributed by atoms with Gasteiger partial charge in [0.15, 0.2) is 0 Å². The zero-order chi connectivity index (χ0) is 15.0. The van der Waals surface area contributed by atoms with Crippen LogP contribution < -0.4 is 10.6 Å². The van der Waals surface area contributed by atoms with Gasteiger partial charge in [0.1, 0.15) is 5.82 Å². The number of carbonyl (C=O) groups is 1. The van der Waals surface area contributed by atoms with Crippen LogP contribution in [0.25, 0.3) is 0 Å². The van der Waals surface area contributed by atoms with Crippen LogP contribution in [0.2, 0.25) is 0 Å². The third kappa shape index (κ3) is 5.81. The monoisotopic (exact) mass is 277 g/mol. The second-order valence-electron chi connectivity index (χ2n) is 5.04. The van der Waals surface area contributed by atoms with Crippen LogP contribution in [-0.4, -0.2) is 19.0 Å². The van der Waals surface area contributed by atoms with Gasteiger partial charge in [-0.05, 0) is 18.1 Å². The first kappa shape index (κ1) is 16.1. The maximum absolute atomic E-state index is 13.6. The molecule has 0 fully saturated rings. The third-order valence-electron chi connectivity index (χ3n) is 2.73. The van der Waals surface area contributed by atoms with Crippen molar-refractivity contribution in [1.82, 2.24) is 10.6 Å². The molecule has 0 aromatic heterocycles. The van der Waals surface area contributed by atoms with Crippen LogP contribution in [0.15, 0.2) is 18.2 Å². The molecule has 0 aliphatic heterocycles. The zero-order valence-corrected chi connectivity index (χ0v) is 11.9. The van der Waals surface area contributed by atoms with E-state index < -0.39 is 5.82 Å². The summed E-state index contributed by atoms with van der Waals surface area (Å²) < 4.78 is 13.6. The van der Waals surface area contributed by atoms with Gasteiger partial charge in [-0.1, -0.05) is 19.9 Å². The first-order chi connectivity index (χ1) is 9.52. The molecule has 5 heteroatoms. The molecule has 0 radical (unpaired) electrons. The topological polar surface area (TPSA) is 64.9 Å². The fraction of sp³-hybridized carbons (Fsp3) is 0.467. The number of hydrogen-bond acceptors (Lipinski definition) is 3. The van der Waals surface area contributed by atoms with E-state index in [4.69, 9.17) is 5.26 Å². The van der Waals surface area contributed by atoms with Crippen molar-refractivity contribution in [3.8, 4) is 6.07 Å². The number of benzene rings is 1. The van der Waals surface area contributed by atoms with Crippen molar-refractivity contribution >= 4 is 5.91 Å². The van der Waals surface area contributed by atoms with Crippen molar-refractivity contribution < 1.29 is 9.18 Å². The van der Waals surface area contributed by atoms with Gasteiger partial charge in [0, 0.05) is 31.6 Å². The smallest absolute Gasteiger partial charge is 0.221 e. The van der Waals surface area contributed by atoms with Crippen molar-refractivity contribution in [2.75, 3.05) is 13.1 Å². The quantitative estimate of drug-likeness (QED) is 0.749. The van der Waals surface area contributed by atoms with E-state index in [-0.39, 0.29) is 5.91 Å². The number of carbonyl (C=O) groups excluding carboxylic acids is 1. The van der Waals surface area contributed by atoms with Gasteiger partial charge >= 0.3 is 0 Å². The summed E-state index contributed by atoms with van der Waals surface area (Å²) in [4.78, 5) is 11.4. The summed E-state index contributed by atoms with van der Waals surface area (Å²) in [6.07, 6.45) is 0.366. The number of nitrogens with one attached hydrogen (secondary N) is 2. The summed E-state index contributed by atoms with van der Waals surface area (Å²) in [6, 6.07) is 6.26. The van der Waals surface area contributed by atoms with Gasteiger partial charge < -0.3 is 10.6 Å². The Hall–Kier alpha value is -1.93. The van der Waals surface area contributed by atoms with Gasteiger partial charge in [-0.15, -0.1) is 0 Å². The molecule has 1 aromatic carbocycles. The SMILES string of the molecule is CC(C)CNC(=O)CCNCc1ccc(C#N)cc1F. The molecule has 20 heavy (non-hydrogen) atoms. The number of rotatable bonds is 7. The van der Waals surface area contributed by atoms with Crippen LogP contribution in [0.4, 0.5) is 4.39 Å². The molecule has 0 heterocycles. The average molecular weight is 277 g/mol. The van der Waals surface area contributed by atoms with Crippen LogP contribution in [-0.2, 0) is 11.3 Å². The van der Waals surface area contributed by atoms with Crippen LogP contribution in [0.5, 0.6) is 0 Å². The van der Waals surface area contributed by atoms with Crippen LogP contribution in [0.3, 0.4) is 0 Å². The highest BCUT2D eigenvalue weighted by Gasteiger charge is 2.05. The minimum Gasteiger partial charge on any atom is -0.356 e. The van der Waals surface area contributed by atoms with E-state index in [0.717, 1.165) is 0 Å². The standard InChI is InChI=1S/C15H20FN3O/c1-11(2)9-19-15(20)5-6-18-10-13-4-3-12(8-17)7-14(13)16/h3-4,7,11,18H,5-6,9-10H2,1-2H3,(H,19,20). The van der Waals surface area contributed by atoms with E-state index in [1.54, 1.807) is 12.1 Å². The minimum atomic E-state index is -0.402. The Labute approximate surface area is 119 Å². The highest BCUT2D eigenvalue weighted by Crippen LogP contribution is 2.09. The Morgan fingerprint density at radius 3 is 2.80 bits per heavy atom. The minimum absolute atomic E-state index is 0.00787. The average Bonchev–Trinajstić information content (AvgIpc) is 2.42. The maximum Gasteiger partial charge on any atom is 0.221 e. The lowest BCUT2D eigenvalue weighted by Crippen LogP contribution is -2.30. The lowest BCUT2D eigenvalue weighted by Gasteiger charge is -2.08. The Morgan fingerprint density at radius 2 is 2.20 bits per heavy atom. The summed E-state index contributed by atoms with van der Waals surface area (Å²) in [5, 5.41) is 14.5. The van der Waals surface area contributed by atoms with Crippen LogP contribution in [0.1, 0.15) is 31.4 Å². The maximum atomic E-state index is 13.6. The summed E-state index contributed by atoms with van der Waals surface area (Å²) in [7, 11) is 0. The number of amides is 1. The molecular formula is C15H20FN3O. The lowest BCUT2D eigenvalue weighted by molar-refractivity contribution is -0.121. The predicted octanol–water partition coefficient (Wildman–Crippen LogP) is 1.95. The molecule has 1 rings (SSSR count). The first-order valence-electron chi connectivity index (χ1n) is 6.69. The molecule has 0 saturated heterocycles. The molecule has 2 N–H and O–H groups in total. The number of nitrogens with zero attached hydrogens (tertiary/aromatic N) is 1. The molecule has 0 saturated carbocycles. The van der Waals surface area contributed by atoms with Gasteiger partial charge in [0.2, 0.25) is 5.91 Å². The zero-order valence-electron chi connectivity index (χ0n) is 11.9. The number of nitriles is 1. The van der Waals surface area contributed by atoms with E-state index in [1.807, 2.05) is 19.9 Å². The molecule has 4 nitrogen and oxygen atoms in total.